The van der Waals surface area contributed by atoms with Crippen molar-refractivity contribution in [3.8, 4) is 23.0 Å². The number of aliphatic hydroxyl groups is 3. The Kier molecular flexibility index (Phi) is 13.1. The van der Waals surface area contributed by atoms with E-state index in [-0.39, 0.29) is 56.3 Å². The number of phenols is 3. The minimum absolute atomic E-state index is 0.0467. The third kappa shape index (κ3) is 8.41. The number of carbonyl (C=O) groups is 2. The van der Waals surface area contributed by atoms with Crippen molar-refractivity contribution in [2.45, 2.75) is 111 Å². The highest BCUT2D eigenvalue weighted by Crippen LogP contribution is 2.55. The Morgan fingerprint density at radius 3 is 2.10 bits per heavy atom. The molecule has 2 aromatic carbocycles. The number of piperazine rings is 1. The van der Waals surface area contributed by atoms with E-state index in [1.165, 1.54) is 58.1 Å². The molecule has 14 nitrogen and oxygen atoms in total. The summed E-state index contributed by atoms with van der Waals surface area (Å²) in [5.41, 5.74) is -0.146. The molecule has 322 valence electrons. The Hall–Kier alpha value is -4.63. The number of aliphatic hydroxyl groups excluding tert-OH is 3. The zero-order chi connectivity index (χ0) is 43.1. The molecule has 0 radical (unpaired) electrons. The topological polar surface area (TPSA) is 205 Å². The molecule has 2 aromatic rings. The van der Waals surface area contributed by atoms with E-state index in [4.69, 9.17) is 9.47 Å². The van der Waals surface area contributed by atoms with Crippen LogP contribution in [0, 0.1) is 36.5 Å². The van der Waals surface area contributed by atoms with Crippen LogP contribution in [0.25, 0.3) is 10.8 Å². The van der Waals surface area contributed by atoms with Crippen molar-refractivity contribution >= 4 is 34.4 Å². The first-order valence-electron chi connectivity index (χ1n) is 21.0. The van der Waals surface area contributed by atoms with Crippen LogP contribution in [0.3, 0.4) is 0 Å². The van der Waals surface area contributed by atoms with Gasteiger partial charge in [-0.25, -0.2) is 0 Å². The van der Waals surface area contributed by atoms with E-state index < -0.39 is 70.8 Å². The fourth-order valence-corrected chi connectivity index (χ4v) is 8.95. The highest BCUT2D eigenvalue weighted by molar-refractivity contribution is 6.23. The summed E-state index contributed by atoms with van der Waals surface area (Å²) in [5.74, 6) is -7.30. The Labute approximate surface area is 346 Å². The lowest BCUT2D eigenvalue weighted by Crippen LogP contribution is -2.47. The minimum atomic E-state index is -1.96. The van der Waals surface area contributed by atoms with Crippen molar-refractivity contribution in [2.75, 3.05) is 31.5 Å². The number of anilines is 1. The van der Waals surface area contributed by atoms with Gasteiger partial charge in [0.2, 0.25) is 0 Å². The number of benzene rings is 2. The van der Waals surface area contributed by atoms with Gasteiger partial charge in [-0.1, -0.05) is 65.7 Å². The summed E-state index contributed by atoms with van der Waals surface area (Å²) in [6, 6.07) is 0.568. The predicted octanol–water partition coefficient (Wildman–Crippen LogP) is 5.70. The lowest BCUT2D eigenvalue weighted by Gasteiger charge is -2.36. The molecule has 0 aromatic heterocycles. The molecule has 5 aliphatic rings. The second-order valence-electron chi connectivity index (χ2n) is 17.4. The summed E-state index contributed by atoms with van der Waals surface area (Å²) >= 11 is 0. The smallest absolute Gasteiger partial charge is 0.312 e. The number of aromatic hydroxyl groups is 3. The maximum absolute atomic E-state index is 14.4. The van der Waals surface area contributed by atoms with Gasteiger partial charge in [-0.3, -0.25) is 19.5 Å². The first kappa shape index (κ1) is 43.9. The van der Waals surface area contributed by atoms with Crippen molar-refractivity contribution in [3.05, 3.63) is 52.8 Å². The summed E-state index contributed by atoms with van der Waals surface area (Å²) in [7, 11) is 0. The van der Waals surface area contributed by atoms with Gasteiger partial charge in [0.25, 0.3) is 11.7 Å². The van der Waals surface area contributed by atoms with Crippen LogP contribution in [0.2, 0.25) is 0 Å². The quantitative estimate of drug-likeness (QED) is 0.113. The van der Waals surface area contributed by atoms with Crippen molar-refractivity contribution in [1.29, 1.82) is 0 Å². The molecule has 4 heterocycles. The van der Waals surface area contributed by atoms with E-state index in [0.29, 0.717) is 19.1 Å². The number of nitrogens with zero attached hydrogens (tertiary/aromatic N) is 3. The first-order valence-corrected chi connectivity index (χ1v) is 21.0. The average molecular weight is 819 g/mol. The summed E-state index contributed by atoms with van der Waals surface area (Å²) in [4.78, 5) is 30.6. The minimum Gasteiger partial charge on any atom is -0.507 e. The second-order valence-corrected chi connectivity index (χ2v) is 17.4. The summed E-state index contributed by atoms with van der Waals surface area (Å²) in [6.45, 7) is 16.2. The molecule has 2 fully saturated rings. The van der Waals surface area contributed by atoms with Gasteiger partial charge in [0.05, 0.1) is 53.0 Å². The predicted molar refractivity (Wildman–Crippen MR) is 226 cm³/mol. The van der Waals surface area contributed by atoms with Crippen LogP contribution in [-0.4, -0.2) is 115 Å². The number of allylic oxidation sites excluding steroid dienone is 3. The number of phenolic OH excluding ortho intramolecular Hbond substituents is 3. The number of rotatable bonds is 3. The van der Waals surface area contributed by atoms with Crippen molar-refractivity contribution in [3.63, 3.8) is 0 Å². The molecule has 4 aliphatic heterocycles. The summed E-state index contributed by atoms with van der Waals surface area (Å²) < 4.78 is 12.1. The number of hydrogen-bond donors (Lipinski definition) is 7. The monoisotopic (exact) mass is 818 g/mol. The molecule has 5 bridgehead atoms. The van der Waals surface area contributed by atoms with Crippen LogP contribution >= 0.6 is 0 Å². The molecule has 59 heavy (non-hydrogen) atoms. The first-order chi connectivity index (χ1) is 27.9. The number of ketones is 1. The van der Waals surface area contributed by atoms with E-state index in [1.807, 2.05) is 18.9 Å². The van der Waals surface area contributed by atoms with Crippen molar-refractivity contribution < 1.29 is 49.7 Å². The van der Waals surface area contributed by atoms with Crippen LogP contribution in [0.5, 0.6) is 23.0 Å². The van der Waals surface area contributed by atoms with Gasteiger partial charge in [-0.05, 0) is 44.6 Å². The standard InChI is InChI=1S/C45H62N4O10/c1-23-16-21-58-45(8)43(56)34-32-33(39(53)29(7)42(34)59-45)41(55)35(31(40(32)54)22-46-49-19-17-48(18-20-49)30-14-9-10-15-30)47-44(57)25(3)13-11-12-24(2)36(50)27(5)38(52)28(6)37(51)26(23)4/h11-13,16,21-24,26-28,30,36-38,50-55H,9-10,14-15,17-20H2,1-8H3,(H,47,57)/b12-11+,21-16+,25-13-,46-22+/t23-,24-,26+,27+,28-,36-,37+,38+,45-/m0/s1. The molecule has 14 heteroatoms. The third-order valence-corrected chi connectivity index (χ3v) is 13.4. The molecular weight excluding hydrogens is 757 g/mol. The zero-order valence-electron chi connectivity index (χ0n) is 35.5. The van der Waals surface area contributed by atoms with Gasteiger partial charge in [0, 0.05) is 73.4 Å². The maximum atomic E-state index is 14.4. The lowest BCUT2D eigenvalue weighted by molar-refractivity contribution is -0.112. The molecule has 7 N–H and O–H groups in total. The Morgan fingerprint density at radius 2 is 1.44 bits per heavy atom. The Bertz CT molecular complexity index is 2050. The number of nitrogens with one attached hydrogen (secondary N) is 1. The van der Waals surface area contributed by atoms with Gasteiger partial charge in [0.1, 0.15) is 17.2 Å². The molecule has 1 saturated carbocycles. The van der Waals surface area contributed by atoms with Gasteiger partial charge in [0.15, 0.2) is 5.75 Å². The summed E-state index contributed by atoms with van der Waals surface area (Å²) in [5, 5.41) is 78.3. The van der Waals surface area contributed by atoms with Crippen LogP contribution in [0.1, 0.15) is 95.6 Å². The van der Waals surface area contributed by atoms with E-state index >= 15 is 0 Å². The number of hydrogen-bond acceptors (Lipinski definition) is 13. The molecule has 9 atom stereocenters. The average Bonchev–Trinajstić information content (AvgIpc) is 3.85. The number of amides is 1. The zero-order valence-corrected chi connectivity index (χ0v) is 35.5. The van der Waals surface area contributed by atoms with Crippen molar-refractivity contribution in [1.82, 2.24) is 9.91 Å². The highest BCUT2D eigenvalue weighted by atomic mass is 16.7. The maximum Gasteiger partial charge on any atom is 0.312 e. The van der Waals surface area contributed by atoms with Gasteiger partial charge >= 0.3 is 5.79 Å². The van der Waals surface area contributed by atoms with Crippen molar-refractivity contribution in [2.24, 2.45) is 34.7 Å². The van der Waals surface area contributed by atoms with E-state index in [2.05, 4.69) is 15.3 Å². The Morgan fingerprint density at radius 1 is 0.814 bits per heavy atom. The normalized spacial score (nSPS) is 33.9. The molecule has 1 aliphatic carbocycles. The number of hydrazone groups is 1. The number of carbonyl (C=O) groups excluding carboxylic acids is 2. The summed E-state index contributed by atoms with van der Waals surface area (Å²) in [6.07, 6.45) is 11.0. The van der Waals surface area contributed by atoms with Crippen LogP contribution in [0.15, 0.2) is 41.2 Å². The molecular formula is C45H62N4O10. The SMILES string of the molecule is C/C1=C/C=C/[C@H](C)[C@H](O)[C@@H](C)[C@@H](O)[C@@H](C)[C@H](O)[C@H](C)[C@@H](C)/C=C/O[C@@]2(C)Oc3c(C)c(O)c4c(O)c(c(/C=N/N5CCN(C6CCCC6)CC5)c(O)c4c3C2=O)NC1=O. The third-order valence-electron chi connectivity index (χ3n) is 13.4. The van der Waals surface area contributed by atoms with Gasteiger partial charge < -0.3 is 45.4 Å². The lowest BCUT2D eigenvalue weighted by atomic mass is 9.77. The number of fused-ring (bicyclic) bond motifs is 14. The van der Waals surface area contributed by atoms with Gasteiger partial charge in [-0.15, -0.1) is 0 Å². The molecule has 0 spiro atoms. The fourth-order valence-electron chi connectivity index (χ4n) is 8.95. The molecule has 7 rings (SSSR count). The molecule has 1 saturated heterocycles. The van der Waals surface area contributed by atoms with E-state index in [1.54, 1.807) is 45.9 Å². The van der Waals surface area contributed by atoms with E-state index in [9.17, 15) is 40.2 Å². The Balaban J connectivity index is 1.46. The molecule has 1 amide bonds. The molecule has 0 unspecified atom stereocenters. The van der Waals surface area contributed by atoms with Crippen LogP contribution in [-0.2, 0) is 9.53 Å². The van der Waals surface area contributed by atoms with Crippen LogP contribution in [0.4, 0.5) is 5.69 Å². The fraction of sp³-hybridized carbons (Fsp3) is 0.578. The number of ether oxygens (including phenoxy) is 2. The van der Waals surface area contributed by atoms with E-state index in [0.717, 1.165) is 13.1 Å². The number of Topliss-reactive ketones (excluding diaryl/α,β-unsaturated/α-hetero) is 1. The van der Waals surface area contributed by atoms with Crippen LogP contribution < -0.4 is 10.1 Å². The van der Waals surface area contributed by atoms with Gasteiger partial charge in [-0.2, -0.15) is 5.10 Å². The largest absolute Gasteiger partial charge is 0.507 e. The second kappa shape index (κ2) is 17.5. The highest BCUT2D eigenvalue weighted by Gasteiger charge is 2.50.